The molecule has 1 N–H and O–H groups in total. The van der Waals surface area contributed by atoms with Crippen molar-refractivity contribution >= 4 is 0 Å². The molecule has 3 rings (SSSR count). The van der Waals surface area contributed by atoms with E-state index in [1.54, 1.807) is 6.20 Å². The van der Waals surface area contributed by atoms with Crippen LogP contribution in [0.5, 0.6) is 5.75 Å². The highest BCUT2D eigenvalue weighted by Gasteiger charge is 2.33. The van der Waals surface area contributed by atoms with Crippen molar-refractivity contribution in [1.29, 1.82) is 0 Å². The van der Waals surface area contributed by atoms with Crippen LogP contribution in [0.1, 0.15) is 43.5 Å². The maximum atomic E-state index is 6.03. The first-order valence-corrected chi connectivity index (χ1v) is 6.96. The van der Waals surface area contributed by atoms with Crippen LogP contribution in [0, 0.1) is 6.92 Å². The molecule has 2 heterocycles. The number of benzene rings is 1. The largest absolute Gasteiger partial charge is 0.487 e. The van der Waals surface area contributed by atoms with E-state index in [0.717, 1.165) is 23.8 Å². The lowest BCUT2D eigenvalue weighted by molar-refractivity contribution is 0.0652. The summed E-state index contributed by atoms with van der Waals surface area (Å²) in [6, 6.07) is 8.45. The molecule has 106 valence electrons. The number of hydrogen-bond acceptors (Lipinski definition) is 4. The Kier molecular flexibility index (Phi) is 3.26. The van der Waals surface area contributed by atoms with Crippen molar-refractivity contribution in [3.8, 4) is 5.75 Å². The monoisotopic (exact) mass is 272 g/mol. The Morgan fingerprint density at radius 3 is 2.90 bits per heavy atom. The lowest BCUT2D eigenvalue weighted by Crippen LogP contribution is -2.39. The summed E-state index contributed by atoms with van der Waals surface area (Å²) < 4.78 is 11.5. The summed E-state index contributed by atoms with van der Waals surface area (Å²) in [4.78, 5) is 4.23. The third kappa shape index (κ3) is 2.70. The summed E-state index contributed by atoms with van der Waals surface area (Å²) in [5.41, 5.74) is 1.04. The zero-order valence-corrected chi connectivity index (χ0v) is 12.1. The summed E-state index contributed by atoms with van der Waals surface area (Å²) in [6.07, 6.45) is 2.67. The van der Waals surface area contributed by atoms with Crippen molar-refractivity contribution in [2.45, 2.75) is 45.4 Å². The first-order valence-electron chi connectivity index (χ1n) is 6.96. The summed E-state index contributed by atoms with van der Waals surface area (Å²) in [6.45, 7) is 6.77. The third-order valence-electron chi connectivity index (χ3n) is 3.55. The Morgan fingerprint density at radius 2 is 2.15 bits per heavy atom. The van der Waals surface area contributed by atoms with Crippen molar-refractivity contribution < 1.29 is 9.15 Å². The highest BCUT2D eigenvalue weighted by molar-refractivity contribution is 5.38. The van der Waals surface area contributed by atoms with Gasteiger partial charge in [0.15, 0.2) is 0 Å². The SMILES string of the molecule is Cc1cnc(CNC2CC(C)(C)Oc3ccccc32)o1. The van der Waals surface area contributed by atoms with E-state index in [-0.39, 0.29) is 11.6 Å². The molecular weight excluding hydrogens is 252 g/mol. The van der Waals surface area contributed by atoms with Gasteiger partial charge in [-0.1, -0.05) is 18.2 Å². The van der Waals surface area contributed by atoms with Gasteiger partial charge in [-0.05, 0) is 26.8 Å². The van der Waals surface area contributed by atoms with Crippen LogP contribution >= 0.6 is 0 Å². The van der Waals surface area contributed by atoms with Crippen molar-refractivity contribution in [1.82, 2.24) is 10.3 Å². The molecule has 0 amide bonds. The standard InChI is InChI=1S/C16H20N2O2/c1-11-9-18-15(19-11)10-17-13-8-16(2,3)20-14-7-5-4-6-12(13)14/h4-7,9,13,17H,8,10H2,1-3H3. The second-order valence-electron chi connectivity index (χ2n) is 5.90. The van der Waals surface area contributed by atoms with Gasteiger partial charge in [0.1, 0.15) is 17.1 Å². The summed E-state index contributed by atoms with van der Waals surface area (Å²) >= 11 is 0. The van der Waals surface area contributed by atoms with Gasteiger partial charge in [-0.3, -0.25) is 0 Å². The molecule has 1 aromatic carbocycles. The van der Waals surface area contributed by atoms with E-state index in [0.29, 0.717) is 6.54 Å². The van der Waals surface area contributed by atoms with Gasteiger partial charge in [-0.2, -0.15) is 0 Å². The number of nitrogens with zero attached hydrogens (tertiary/aromatic N) is 1. The first kappa shape index (κ1) is 13.2. The molecule has 1 aromatic heterocycles. The molecule has 4 heteroatoms. The number of hydrogen-bond donors (Lipinski definition) is 1. The van der Waals surface area contributed by atoms with Crippen LogP contribution in [-0.4, -0.2) is 10.6 Å². The van der Waals surface area contributed by atoms with Crippen LogP contribution in [0.15, 0.2) is 34.9 Å². The van der Waals surface area contributed by atoms with E-state index in [9.17, 15) is 0 Å². The van der Waals surface area contributed by atoms with Gasteiger partial charge in [-0.25, -0.2) is 4.98 Å². The number of aryl methyl sites for hydroxylation is 1. The minimum Gasteiger partial charge on any atom is -0.487 e. The van der Waals surface area contributed by atoms with Gasteiger partial charge >= 0.3 is 0 Å². The molecule has 0 fully saturated rings. The molecule has 20 heavy (non-hydrogen) atoms. The van der Waals surface area contributed by atoms with E-state index in [1.165, 1.54) is 5.56 Å². The topological polar surface area (TPSA) is 47.3 Å². The number of aromatic nitrogens is 1. The quantitative estimate of drug-likeness (QED) is 0.930. The van der Waals surface area contributed by atoms with Crippen LogP contribution in [0.4, 0.5) is 0 Å². The minimum absolute atomic E-state index is 0.168. The number of ether oxygens (including phenoxy) is 1. The van der Waals surface area contributed by atoms with Crippen LogP contribution in [0.3, 0.4) is 0 Å². The zero-order chi connectivity index (χ0) is 14.2. The molecule has 0 bridgehead atoms. The smallest absolute Gasteiger partial charge is 0.208 e. The normalized spacial score (nSPS) is 20.2. The molecule has 1 unspecified atom stereocenters. The highest BCUT2D eigenvalue weighted by Crippen LogP contribution is 2.39. The molecule has 0 aliphatic carbocycles. The third-order valence-corrected chi connectivity index (χ3v) is 3.55. The molecular formula is C16H20N2O2. The van der Waals surface area contributed by atoms with E-state index >= 15 is 0 Å². The van der Waals surface area contributed by atoms with Gasteiger partial charge in [0.25, 0.3) is 0 Å². The number of fused-ring (bicyclic) bond motifs is 1. The Hall–Kier alpha value is -1.81. The molecule has 0 saturated heterocycles. The molecule has 1 atom stereocenters. The Bertz CT molecular complexity index is 604. The molecule has 0 radical (unpaired) electrons. The van der Waals surface area contributed by atoms with Crippen molar-refractivity contribution in [3.63, 3.8) is 0 Å². The van der Waals surface area contributed by atoms with E-state index in [1.807, 2.05) is 25.1 Å². The lowest BCUT2D eigenvalue weighted by atomic mass is 9.90. The summed E-state index contributed by atoms with van der Waals surface area (Å²) in [7, 11) is 0. The fourth-order valence-corrected chi connectivity index (χ4v) is 2.68. The van der Waals surface area contributed by atoms with Crippen molar-refractivity contribution in [2.24, 2.45) is 0 Å². The van der Waals surface area contributed by atoms with Crippen LogP contribution in [0.2, 0.25) is 0 Å². The number of para-hydroxylation sites is 1. The molecule has 1 aliphatic rings. The van der Waals surface area contributed by atoms with Gasteiger partial charge in [-0.15, -0.1) is 0 Å². The molecule has 2 aromatic rings. The predicted octanol–water partition coefficient (Wildman–Crippen LogP) is 3.38. The van der Waals surface area contributed by atoms with E-state index in [4.69, 9.17) is 9.15 Å². The van der Waals surface area contributed by atoms with Crippen LogP contribution in [0.25, 0.3) is 0 Å². The predicted molar refractivity (Wildman–Crippen MR) is 76.6 cm³/mol. The average Bonchev–Trinajstić information content (AvgIpc) is 2.80. The fourth-order valence-electron chi connectivity index (χ4n) is 2.68. The Morgan fingerprint density at radius 1 is 1.35 bits per heavy atom. The Labute approximate surface area is 119 Å². The second kappa shape index (κ2) is 4.94. The Balaban J connectivity index is 1.78. The molecule has 0 saturated carbocycles. The van der Waals surface area contributed by atoms with Gasteiger partial charge in [0.05, 0.1) is 12.7 Å². The minimum atomic E-state index is -0.168. The maximum absolute atomic E-state index is 6.03. The fraction of sp³-hybridized carbons (Fsp3) is 0.438. The van der Waals surface area contributed by atoms with E-state index < -0.39 is 0 Å². The lowest BCUT2D eigenvalue weighted by Gasteiger charge is -2.37. The van der Waals surface area contributed by atoms with Crippen molar-refractivity contribution in [3.05, 3.63) is 47.7 Å². The molecule has 1 aliphatic heterocycles. The maximum Gasteiger partial charge on any atom is 0.208 e. The molecule has 0 spiro atoms. The average molecular weight is 272 g/mol. The highest BCUT2D eigenvalue weighted by atomic mass is 16.5. The number of nitrogens with one attached hydrogen (secondary N) is 1. The van der Waals surface area contributed by atoms with Crippen molar-refractivity contribution in [2.75, 3.05) is 0 Å². The molecule has 4 nitrogen and oxygen atoms in total. The summed E-state index contributed by atoms with van der Waals surface area (Å²) in [5, 5.41) is 3.53. The second-order valence-corrected chi connectivity index (χ2v) is 5.90. The van der Waals surface area contributed by atoms with Gasteiger partial charge < -0.3 is 14.5 Å². The summed E-state index contributed by atoms with van der Waals surface area (Å²) in [5.74, 6) is 2.53. The zero-order valence-electron chi connectivity index (χ0n) is 12.1. The van der Waals surface area contributed by atoms with Gasteiger partial charge in [0.2, 0.25) is 5.89 Å². The number of rotatable bonds is 3. The van der Waals surface area contributed by atoms with Crippen LogP contribution in [-0.2, 0) is 6.54 Å². The number of oxazole rings is 1. The van der Waals surface area contributed by atoms with Crippen LogP contribution < -0.4 is 10.1 Å². The first-order chi connectivity index (χ1) is 9.53. The van der Waals surface area contributed by atoms with E-state index in [2.05, 4.69) is 30.2 Å². The van der Waals surface area contributed by atoms with Gasteiger partial charge in [0, 0.05) is 18.0 Å².